The molecule has 2 aromatic rings. The van der Waals surface area contributed by atoms with Gasteiger partial charge in [0.1, 0.15) is 23.7 Å². The number of ether oxygens (including phenoxy) is 3. The van der Waals surface area contributed by atoms with Crippen LogP contribution in [0.25, 0.3) is 10.8 Å². The van der Waals surface area contributed by atoms with Crippen LogP contribution in [0.3, 0.4) is 0 Å². The predicted molar refractivity (Wildman–Crippen MR) is 136 cm³/mol. The van der Waals surface area contributed by atoms with Crippen LogP contribution in [0.2, 0.25) is 0 Å². The number of hydrogen-bond donors (Lipinski definition) is 1. The minimum atomic E-state index is -0.711. The van der Waals surface area contributed by atoms with Crippen LogP contribution in [0.1, 0.15) is 38.5 Å². The monoisotopic (exact) mass is 532 g/mol. The van der Waals surface area contributed by atoms with Gasteiger partial charge >= 0.3 is 17.9 Å². The van der Waals surface area contributed by atoms with Gasteiger partial charge in [0.05, 0.1) is 17.3 Å². The highest BCUT2D eigenvalue weighted by Gasteiger charge is 2.71. The minimum absolute atomic E-state index is 0.0356. The van der Waals surface area contributed by atoms with E-state index in [1.807, 2.05) is 24.3 Å². The second-order valence-corrected chi connectivity index (χ2v) is 13.0. The summed E-state index contributed by atoms with van der Waals surface area (Å²) in [5.74, 6) is -1.83. The molecule has 8 unspecified atom stereocenters. The van der Waals surface area contributed by atoms with Crippen LogP contribution in [-0.2, 0) is 28.7 Å². The fourth-order valence-corrected chi connectivity index (χ4v) is 9.39. The zero-order valence-electron chi connectivity index (χ0n) is 20.7. The number of Topliss-reactive ketones (excluding diaryl/α,β-unsaturated/α-hetero) is 1. The van der Waals surface area contributed by atoms with Gasteiger partial charge in [-0.2, -0.15) is 0 Å². The SMILES string of the molecule is O=C1C2CC3CC1CC(C(=O)OC1C4CC5C1OC(=O)C5C4C(=O)Oc1ccc4cc(S)ccc4c1)(C3)C2. The van der Waals surface area contributed by atoms with Crippen molar-refractivity contribution in [2.75, 3.05) is 0 Å². The summed E-state index contributed by atoms with van der Waals surface area (Å²) in [6.45, 7) is 0. The van der Waals surface area contributed by atoms with Crippen molar-refractivity contribution < 1.29 is 33.4 Å². The smallest absolute Gasteiger partial charge is 0.315 e. The molecule has 2 aromatic carbocycles. The first kappa shape index (κ1) is 23.1. The van der Waals surface area contributed by atoms with Crippen LogP contribution in [0.5, 0.6) is 5.75 Å². The van der Waals surface area contributed by atoms with Crippen LogP contribution in [0.4, 0.5) is 0 Å². The Morgan fingerprint density at radius 1 is 0.921 bits per heavy atom. The van der Waals surface area contributed by atoms with Crippen molar-refractivity contribution in [2.24, 2.45) is 46.8 Å². The maximum absolute atomic E-state index is 13.7. The maximum atomic E-state index is 13.7. The van der Waals surface area contributed by atoms with Gasteiger partial charge in [0.15, 0.2) is 0 Å². The number of benzene rings is 2. The summed E-state index contributed by atoms with van der Waals surface area (Å²) < 4.78 is 17.7. The van der Waals surface area contributed by atoms with Crippen molar-refractivity contribution in [1.29, 1.82) is 0 Å². The second kappa shape index (κ2) is 7.84. The number of carbonyl (C=O) groups excluding carboxylic acids is 4. The molecular formula is C30H28O7S. The van der Waals surface area contributed by atoms with Crippen molar-refractivity contribution in [1.82, 2.24) is 0 Å². The maximum Gasteiger partial charge on any atom is 0.315 e. The third-order valence-corrected chi connectivity index (χ3v) is 10.8. The lowest BCUT2D eigenvalue weighted by Gasteiger charge is -2.54. The van der Waals surface area contributed by atoms with Gasteiger partial charge in [-0.25, -0.2) is 0 Å². The topological polar surface area (TPSA) is 96.0 Å². The van der Waals surface area contributed by atoms with Crippen molar-refractivity contribution >= 4 is 47.1 Å². The van der Waals surface area contributed by atoms with Gasteiger partial charge in [-0.3, -0.25) is 19.2 Å². The Morgan fingerprint density at radius 3 is 2.45 bits per heavy atom. The average Bonchev–Trinajstić information content (AvgIpc) is 3.51. The summed E-state index contributed by atoms with van der Waals surface area (Å²) in [4.78, 5) is 53.5. The zero-order chi connectivity index (χ0) is 25.9. The van der Waals surface area contributed by atoms with Crippen molar-refractivity contribution in [3.8, 4) is 5.75 Å². The van der Waals surface area contributed by atoms with E-state index in [0.29, 0.717) is 36.7 Å². The summed E-state index contributed by atoms with van der Waals surface area (Å²) in [6.07, 6.45) is 3.11. The minimum Gasteiger partial charge on any atom is -0.458 e. The molecule has 8 atom stereocenters. The Hall–Kier alpha value is -2.87. The molecule has 8 heteroatoms. The van der Waals surface area contributed by atoms with Gasteiger partial charge in [-0.1, -0.05) is 12.1 Å². The highest BCUT2D eigenvalue weighted by atomic mass is 32.1. The number of ketones is 1. The molecule has 0 N–H and O–H groups in total. The summed E-state index contributed by atoms with van der Waals surface area (Å²) in [7, 11) is 0. The van der Waals surface area contributed by atoms with E-state index in [0.717, 1.165) is 34.9 Å². The number of hydrogen-bond acceptors (Lipinski definition) is 8. The summed E-state index contributed by atoms with van der Waals surface area (Å²) >= 11 is 4.37. The van der Waals surface area contributed by atoms with E-state index in [2.05, 4.69) is 12.6 Å². The lowest BCUT2D eigenvalue weighted by atomic mass is 9.49. The lowest BCUT2D eigenvalue weighted by Crippen LogP contribution is -2.56. The number of carbonyl (C=O) groups is 4. The van der Waals surface area contributed by atoms with E-state index in [1.54, 1.807) is 12.1 Å². The van der Waals surface area contributed by atoms with E-state index in [-0.39, 0.29) is 29.6 Å². The van der Waals surface area contributed by atoms with Crippen molar-refractivity contribution in [3.05, 3.63) is 36.4 Å². The molecule has 7 aliphatic rings. The Morgan fingerprint density at radius 2 is 1.66 bits per heavy atom. The standard InChI is InChI=1S/C30H28O7S/c31-24-16-5-13-6-17(24)12-30(10-13,11-16)29(34)37-26-21-9-20-23(28(33)36-25(20)26)22(21)27(32)35-18-3-1-15-8-19(38)4-2-14(15)7-18/h1-4,7-8,13,16-17,20-23,25-26,38H,5-6,9-12H2. The molecule has 7 fully saturated rings. The third-order valence-electron chi connectivity index (χ3n) is 10.5. The Bertz CT molecular complexity index is 1410. The molecule has 0 amide bonds. The van der Waals surface area contributed by atoms with Crippen molar-refractivity contribution in [3.63, 3.8) is 0 Å². The van der Waals surface area contributed by atoms with Crippen LogP contribution in [0.15, 0.2) is 41.3 Å². The molecule has 0 spiro atoms. The van der Waals surface area contributed by atoms with E-state index in [1.165, 1.54) is 0 Å². The molecular weight excluding hydrogens is 504 g/mol. The quantitative estimate of drug-likeness (QED) is 0.359. The van der Waals surface area contributed by atoms with Gasteiger partial charge in [0.25, 0.3) is 0 Å². The Balaban J connectivity index is 1.04. The highest BCUT2D eigenvalue weighted by Crippen LogP contribution is 2.62. The molecule has 6 bridgehead atoms. The molecule has 1 heterocycles. The highest BCUT2D eigenvalue weighted by molar-refractivity contribution is 7.80. The summed E-state index contributed by atoms with van der Waals surface area (Å²) in [5.41, 5.74) is -0.623. The fourth-order valence-electron chi connectivity index (χ4n) is 9.17. The van der Waals surface area contributed by atoms with Gasteiger partial charge in [-0.05, 0) is 79.5 Å². The number of esters is 3. The molecule has 196 valence electrons. The largest absolute Gasteiger partial charge is 0.458 e. The number of thiol groups is 1. The molecule has 7 nitrogen and oxygen atoms in total. The van der Waals surface area contributed by atoms with Gasteiger partial charge in [0.2, 0.25) is 0 Å². The first-order chi connectivity index (χ1) is 18.3. The Labute approximate surface area is 225 Å². The first-order valence-electron chi connectivity index (χ1n) is 13.7. The fraction of sp³-hybridized carbons (Fsp3) is 0.533. The van der Waals surface area contributed by atoms with Crippen LogP contribution in [-0.4, -0.2) is 35.9 Å². The van der Waals surface area contributed by atoms with Crippen LogP contribution >= 0.6 is 12.6 Å². The van der Waals surface area contributed by atoms with Gasteiger partial charge in [-0.15, -0.1) is 12.6 Å². The van der Waals surface area contributed by atoms with Gasteiger partial charge < -0.3 is 14.2 Å². The lowest BCUT2D eigenvalue weighted by molar-refractivity contribution is -0.188. The van der Waals surface area contributed by atoms with E-state index < -0.39 is 41.4 Å². The zero-order valence-corrected chi connectivity index (χ0v) is 21.6. The predicted octanol–water partition coefficient (Wildman–Crippen LogP) is 4.15. The first-order valence-corrected chi connectivity index (χ1v) is 14.1. The second-order valence-electron chi connectivity index (χ2n) is 12.5. The molecule has 0 aromatic heterocycles. The molecule has 1 saturated heterocycles. The van der Waals surface area contributed by atoms with Crippen LogP contribution in [0, 0.1) is 46.8 Å². The van der Waals surface area contributed by atoms with Crippen LogP contribution < -0.4 is 4.74 Å². The number of rotatable bonds is 4. The molecule has 38 heavy (non-hydrogen) atoms. The van der Waals surface area contributed by atoms with Gasteiger partial charge in [0, 0.05) is 28.6 Å². The molecule has 0 radical (unpaired) electrons. The molecule has 6 saturated carbocycles. The molecule has 6 aliphatic carbocycles. The molecule has 9 rings (SSSR count). The normalized spacial score (nSPS) is 41.6. The van der Waals surface area contributed by atoms with E-state index in [4.69, 9.17) is 14.2 Å². The van der Waals surface area contributed by atoms with Crippen molar-refractivity contribution in [2.45, 2.75) is 55.6 Å². The third kappa shape index (κ3) is 3.15. The average molecular weight is 533 g/mol. The summed E-state index contributed by atoms with van der Waals surface area (Å²) in [5, 5.41) is 1.90. The summed E-state index contributed by atoms with van der Waals surface area (Å²) in [6, 6.07) is 11.1. The Kier molecular flexibility index (Phi) is 4.76. The molecule has 1 aliphatic heterocycles. The number of fused-ring (bicyclic) bond motifs is 2. The van der Waals surface area contributed by atoms with E-state index >= 15 is 0 Å². The van der Waals surface area contributed by atoms with E-state index in [9.17, 15) is 19.2 Å².